The van der Waals surface area contributed by atoms with E-state index in [1.54, 1.807) is 6.92 Å². The van der Waals surface area contributed by atoms with Gasteiger partial charge in [-0.2, -0.15) is 13.2 Å². The first-order valence-electron chi connectivity index (χ1n) is 11.8. The number of thiocarbonyl (C=S) groups is 1. The topological polar surface area (TPSA) is 50.4 Å². The molecule has 3 aromatic rings. The van der Waals surface area contributed by atoms with Gasteiger partial charge in [-0.3, -0.25) is 4.79 Å². The van der Waals surface area contributed by atoms with Gasteiger partial charge in [0.05, 0.1) is 18.1 Å². The molecule has 1 unspecified atom stereocenters. The third-order valence-corrected chi connectivity index (χ3v) is 9.99. The van der Waals surface area contributed by atoms with E-state index < -0.39 is 39.9 Å². The summed E-state index contributed by atoms with van der Waals surface area (Å²) in [5.74, 6) is -1.87. The van der Waals surface area contributed by atoms with Crippen molar-refractivity contribution in [3.63, 3.8) is 0 Å². The highest BCUT2D eigenvalue weighted by Gasteiger charge is 2.43. The lowest BCUT2D eigenvalue weighted by Crippen LogP contribution is -2.37. The molecule has 0 radical (unpaired) electrons. The van der Waals surface area contributed by atoms with Crippen molar-refractivity contribution in [3.05, 3.63) is 90.2 Å². The summed E-state index contributed by atoms with van der Waals surface area (Å²) >= 11 is 5.10. The standard InChI is InChI=1S/C28H30F4N2O2S2/c1-19(17-25(35)34-26(37)33-20-15-16-24(29)23(18-20)28(30,31)32)36-38(27(2,3)4,21-11-7-5-8-12-21)22-13-9-6-10-14-22/h5-16,18-19H,17H2,1-4H3,(H2,33,34,35,37). The van der Waals surface area contributed by atoms with Crippen molar-refractivity contribution >= 4 is 39.2 Å². The van der Waals surface area contributed by atoms with Crippen molar-refractivity contribution in [3.8, 4) is 0 Å². The Bertz CT molecular complexity index is 1220. The molecule has 0 bridgehead atoms. The summed E-state index contributed by atoms with van der Waals surface area (Å²) in [6.45, 7) is 8.11. The average Bonchev–Trinajstić information content (AvgIpc) is 2.83. The van der Waals surface area contributed by atoms with Crippen LogP contribution in [0.2, 0.25) is 0 Å². The fourth-order valence-electron chi connectivity index (χ4n) is 4.02. The Kier molecular flexibility index (Phi) is 9.22. The molecule has 1 atom stereocenters. The number of alkyl halides is 3. The molecule has 0 heterocycles. The third kappa shape index (κ3) is 6.92. The fraction of sp³-hybridized carbons (Fsp3) is 0.286. The average molecular weight is 567 g/mol. The van der Waals surface area contributed by atoms with E-state index in [4.69, 9.17) is 16.4 Å². The molecular weight excluding hydrogens is 536 g/mol. The normalized spacial score (nSPS) is 13.5. The molecule has 1 amide bonds. The van der Waals surface area contributed by atoms with E-state index >= 15 is 0 Å². The van der Waals surface area contributed by atoms with Crippen LogP contribution >= 0.6 is 22.5 Å². The molecule has 3 aromatic carbocycles. The molecule has 0 spiro atoms. The molecular formula is C28H30F4N2O2S2. The summed E-state index contributed by atoms with van der Waals surface area (Å²) < 4.78 is 59.0. The largest absolute Gasteiger partial charge is 0.419 e. The van der Waals surface area contributed by atoms with Crippen LogP contribution in [0.5, 0.6) is 0 Å². The van der Waals surface area contributed by atoms with Gasteiger partial charge in [0.25, 0.3) is 0 Å². The zero-order valence-corrected chi connectivity index (χ0v) is 23.1. The van der Waals surface area contributed by atoms with Gasteiger partial charge in [-0.25, -0.2) is 4.39 Å². The number of carbonyl (C=O) groups is 1. The van der Waals surface area contributed by atoms with Gasteiger partial charge < -0.3 is 14.8 Å². The van der Waals surface area contributed by atoms with Crippen LogP contribution < -0.4 is 10.6 Å². The summed E-state index contributed by atoms with van der Waals surface area (Å²) in [5.41, 5.74) is -1.53. The van der Waals surface area contributed by atoms with Gasteiger partial charge in [0, 0.05) is 20.2 Å². The molecule has 38 heavy (non-hydrogen) atoms. The van der Waals surface area contributed by atoms with Crippen LogP contribution in [-0.4, -0.2) is 21.9 Å². The quantitative estimate of drug-likeness (QED) is 0.224. The molecule has 3 rings (SSSR count). The van der Waals surface area contributed by atoms with Crippen molar-refractivity contribution < 1.29 is 26.5 Å². The van der Waals surface area contributed by atoms with Crippen LogP contribution in [0.4, 0.5) is 23.2 Å². The minimum Gasteiger partial charge on any atom is -0.332 e. The summed E-state index contributed by atoms with van der Waals surface area (Å²) in [7, 11) is -2.09. The zero-order chi connectivity index (χ0) is 28.1. The molecule has 10 heteroatoms. The number of halogens is 4. The van der Waals surface area contributed by atoms with Crippen molar-refractivity contribution in [2.45, 2.75) is 60.9 Å². The van der Waals surface area contributed by atoms with Gasteiger partial charge in [-0.1, -0.05) is 46.7 Å². The van der Waals surface area contributed by atoms with Crippen molar-refractivity contribution in [1.82, 2.24) is 5.32 Å². The predicted molar refractivity (Wildman–Crippen MR) is 148 cm³/mol. The summed E-state index contributed by atoms with van der Waals surface area (Å²) in [4.78, 5) is 14.8. The first-order chi connectivity index (χ1) is 17.7. The highest BCUT2D eigenvalue weighted by atomic mass is 32.3. The number of amides is 1. The Balaban J connectivity index is 1.76. The van der Waals surface area contributed by atoms with Crippen LogP contribution in [0.25, 0.3) is 0 Å². The van der Waals surface area contributed by atoms with Crippen molar-refractivity contribution in [2.75, 3.05) is 5.32 Å². The van der Waals surface area contributed by atoms with Crippen LogP contribution in [-0.2, 0) is 15.2 Å². The second-order valence-electron chi connectivity index (χ2n) is 9.60. The molecule has 204 valence electrons. The number of hydrogen-bond acceptors (Lipinski definition) is 3. The lowest BCUT2D eigenvalue weighted by Gasteiger charge is -2.51. The highest BCUT2D eigenvalue weighted by molar-refractivity contribution is 8.31. The highest BCUT2D eigenvalue weighted by Crippen LogP contribution is 2.71. The van der Waals surface area contributed by atoms with Gasteiger partial charge in [0.2, 0.25) is 5.91 Å². The van der Waals surface area contributed by atoms with Crippen molar-refractivity contribution in [1.29, 1.82) is 0 Å². The second kappa shape index (κ2) is 11.8. The summed E-state index contributed by atoms with van der Waals surface area (Å²) in [6, 6.07) is 22.2. The maximum absolute atomic E-state index is 13.6. The van der Waals surface area contributed by atoms with Crippen LogP contribution in [0.1, 0.15) is 39.7 Å². The Morgan fingerprint density at radius 2 is 1.47 bits per heavy atom. The zero-order valence-electron chi connectivity index (χ0n) is 21.4. The van der Waals surface area contributed by atoms with Gasteiger partial charge >= 0.3 is 6.18 Å². The molecule has 0 aliphatic carbocycles. The monoisotopic (exact) mass is 566 g/mol. The smallest absolute Gasteiger partial charge is 0.332 e. The van der Waals surface area contributed by atoms with E-state index in [1.807, 2.05) is 60.7 Å². The van der Waals surface area contributed by atoms with Gasteiger partial charge in [-0.05, 0) is 82.4 Å². The molecule has 0 aliphatic heterocycles. The maximum atomic E-state index is 13.6. The molecule has 2 N–H and O–H groups in total. The SMILES string of the molecule is CC(CC(=O)NC(=S)Nc1ccc(F)c(C(F)(F)F)c1)OS(c1ccccc1)(c1ccccc1)C(C)(C)C. The number of hydrogen-bond donors (Lipinski definition) is 2. The lowest BCUT2D eigenvalue weighted by atomic mass is 10.2. The van der Waals surface area contributed by atoms with E-state index in [2.05, 4.69) is 31.4 Å². The second-order valence-corrected chi connectivity index (χ2v) is 13.5. The fourth-order valence-corrected chi connectivity index (χ4v) is 8.10. The minimum absolute atomic E-state index is 0.0520. The summed E-state index contributed by atoms with van der Waals surface area (Å²) in [6.07, 6.45) is -5.45. The predicted octanol–water partition coefficient (Wildman–Crippen LogP) is 8.09. The number of anilines is 1. The van der Waals surface area contributed by atoms with E-state index in [0.29, 0.717) is 12.1 Å². The Morgan fingerprint density at radius 1 is 0.947 bits per heavy atom. The molecule has 4 nitrogen and oxygen atoms in total. The van der Waals surface area contributed by atoms with E-state index in [-0.39, 0.29) is 22.0 Å². The van der Waals surface area contributed by atoms with Gasteiger partial charge in [0.1, 0.15) is 5.82 Å². The Labute approximate surface area is 227 Å². The van der Waals surface area contributed by atoms with E-state index in [1.165, 1.54) is 0 Å². The molecule has 0 saturated heterocycles. The first kappa shape index (κ1) is 29.6. The van der Waals surface area contributed by atoms with Gasteiger partial charge in [0.15, 0.2) is 5.11 Å². The van der Waals surface area contributed by atoms with E-state index in [9.17, 15) is 22.4 Å². The van der Waals surface area contributed by atoms with Crippen molar-refractivity contribution in [2.24, 2.45) is 0 Å². The van der Waals surface area contributed by atoms with Crippen LogP contribution in [0.3, 0.4) is 0 Å². The van der Waals surface area contributed by atoms with Crippen LogP contribution in [0.15, 0.2) is 88.7 Å². The Morgan fingerprint density at radius 3 is 1.95 bits per heavy atom. The van der Waals surface area contributed by atoms with Gasteiger partial charge in [-0.15, -0.1) is 0 Å². The number of nitrogens with one attached hydrogen (secondary N) is 2. The third-order valence-electron chi connectivity index (χ3n) is 5.58. The lowest BCUT2D eigenvalue weighted by molar-refractivity contribution is -0.140. The molecule has 0 aromatic heterocycles. The number of benzene rings is 3. The summed E-state index contributed by atoms with van der Waals surface area (Å²) in [5, 5.41) is 4.77. The first-order valence-corrected chi connectivity index (χ1v) is 13.8. The molecule has 0 aliphatic rings. The minimum atomic E-state index is -4.86. The molecule has 0 saturated carbocycles. The van der Waals surface area contributed by atoms with E-state index in [0.717, 1.165) is 15.9 Å². The van der Waals surface area contributed by atoms with Crippen LogP contribution in [0, 0.1) is 5.82 Å². The Hall–Kier alpha value is -2.95. The number of rotatable bonds is 7. The maximum Gasteiger partial charge on any atom is 0.419 e. The number of carbonyl (C=O) groups excluding carboxylic acids is 1. The molecule has 0 fully saturated rings.